The van der Waals surface area contributed by atoms with Crippen LogP contribution in [-0.4, -0.2) is 25.9 Å². The summed E-state index contributed by atoms with van der Waals surface area (Å²) >= 11 is 0. The van der Waals surface area contributed by atoms with E-state index in [4.69, 9.17) is 14.6 Å². The standard InChI is InChI=1S/C6H5N3O6S2/c7-9-8-5-3-4(16(10,11)12)1-2-6(5)17(13,14)15/h1-3H,(H,10,11,12)(H,13,14,15). The van der Waals surface area contributed by atoms with Gasteiger partial charge in [-0.25, -0.2) is 0 Å². The van der Waals surface area contributed by atoms with Gasteiger partial charge in [-0.15, -0.1) is 0 Å². The van der Waals surface area contributed by atoms with Gasteiger partial charge in [0.05, 0.1) is 10.6 Å². The summed E-state index contributed by atoms with van der Waals surface area (Å²) in [6.07, 6.45) is 0. The molecule has 0 atom stereocenters. The van der Waals surface area contributed by atoms with E-state index >= 15 is 0 Å². The lowest BCUT2D eigenvalue weighted by Gasteiger charge is -2.03. The maximum atomic E-state index is 10.8. The first-order chi connectivity index (χ1) is 7.66. The Balaban J connectivity index is 3.65. The molecule has 1 rings (SSSR count). The van der Waals surface area contributed by atoms with E-state index in [9.17, 15) is 16.8 Å². The topological polar surface area (TPSA) is 158 Å². The third-order valence-corrected chi connectivity index (χ3v) is 3.41. The summed E-state index contributed by atoms with van der Waals surface area (Å²) < 4.78 is 60.7. The van der Waals surface area contributed by atoms with Crippen LogP contribution >= 0.6 is 0 Å². The summed E-state index contributed by atoms with van der Waals surface area (Å²) in [5.41, 5.74) is 7.54. The van der Waals surface area contributed by atoms with Gasteiger partial charge in [0, 0.05) is 4.91 Å². The van der Waals surface area contributed by atoms with E-state index < -0.39 is 35.7 Å². The van der Waals surface area contributed by atoms with Gasteiger partial charge in [-0.2, -0.15) is 16.8 Å². The van der Waals surface area contributed by atoms with Crippen molar-refractivity contribution in [2.24, 2.45) is 5.11 Å². The fourth-order valence-electron chi connectivity index (χ4n) is 1.00. The molecule has 0 radical (unpaired) electrons. The molecule has 0 aliphatic rings. The van der Waals surface area contributed by atoms with Gasteiger partial charge in [-0.3, -0.25) is 9.11 Å². The summed E-state index contributed by atoms with van der Waals surface area (Å²) in [5, 5.41) is 2.91. The molecule has 0 aliphatic heterocycles. The van der Waals surface area contributed by atoms with Crippen LogP contribution in [0.3, 0.4) is 0 Å². The Hall–Kier alpha value is -1.65. The van der Waals surface area contributed by atoms with Crippen LogP contribution in [0.25, 0.3) is 10.4 Å². The summed E-state index contributed by atoms with van der Waals surface area (Å²) in [6, 6.07) is 2.06. The molecule has 0 amide bonds. The highest BCUT2D eigenvalue weighted by molar-refractivity contribution is 7.86. The van der Waals surface area contributed by atoms with Crippen molar-refractivity contribution < 1.29 is 25.9 Å². The summed E-state index contributed by atoms with van der Waals surface area (Å²) in [6.45, 7) is 0. The Labute approximate surface area is 95.8 Å². The van der Waals surface area contributed by atoms with Crippen molar-refractivity contribution in [2.45, 2.75) is 9.79 Å². The van der Waals surface area contributed by atoms with Crippen molar-refractivity contribution in [3.63, 3.8) is 0 Å². The van der Waals surface area contributed by atoms with E-state index in [0.717, 1.165) is 6.07 Å². The molecule has 0 saturated heterocycles. The van der Waals surface area contributed by atoms with Crippen LogP contribution in [0.2, 0.25) is 0 Å². The SMILES string of the molecule is [N-]=[N+]=Nc1cc(S(=O)(=O)O)ccc1S(=O)(=O)O. The zero-order valence-corrected chi connectivity index (χ0v) is 9.55. The largest absolute Gasteiger partial charge is 0.294 e. The maximum absolute atomic E-state index is 10.8. The summed E-state index contributed by atoms with van der Waals surface area (Å²) in [7, 11) is -9.22. The maximum Gasteiger partial charge on any atom is 0.294 e. The molecule has 92 valence electrons. The first kappa shape index (κ1) is 13.4. The quantitative estimate of drug-likeness (QED) is 0.365. The smallest absolute Gasteiger partial charge is 0.282 e. The molecule has 0 heterocycles. The van der Waals surface area contributed by atoms with Crippen LogP contribution in [0.4, 0.5) is 5.69 Å². The minimum absolute atomic E-state index is 0.623. The van der Waals surface area contributed by atoms with Gasteiger partial charge in [0.15, 0.2) is 0 Å². The molecule has 0 aliphatic carbocycles. The Morgan fingerprint density at radius 2 is 1.71 bits per heavy atom. The molecule has 1 aromatic rings. The Bertz CT molecular complexity index is 701. The van der Waals surface area contributed by atoms with Gasteiger partial charge >= 0.3 is 0 Å². The van der Waals surface area contributed by atoms with E-state index in [0.29, 0.717) is 12.1 Å². The molecular formula is C6H5N3O6S2. The lowest BCUT2D eigenvalue weighted by molar-refractivity contribution is 0.478. The van der Waals surface area contributed by atoms with Crippen LogP contribution in [-0.2, 0) is 20.2 Å². The van der Waals surface area contributed by atoms with E-state index in [1.54, 1.807) is 0 Å². The average molecular weight is 279 g/mol. The summed E-state index contributed by atoms with van der Waals surface area (Å²) in [4.78, 5) is 0.855. The minimum Gasteiger partial charge on any atom is -0.282 e. The van der Waals surface area contributed by atoms with E-state index in [-0.39, 0.29) is 0 Å². The van der Waals surface area contributed by atoms with Gasteiger partial charge in [0.25, 0.3) is 20.2 Å². The molecule has 0 saturated carbocycles. The highest BCUT2D eigenvalue weighted by Crippen LogP contribution is 2.27. The first-order valence-corrected chi connectivity index (χ1v) is 6.68. The highest BCUT2D eigenvalue weighted by atomic mass is 32.2. The molecule has 1 aromatic carbocycles. The molecular weight excluding hydrogens is 274 g/mol. The van der Waals surface area contributed by atoms with Crippen LogP contribution in [0.1, 0.15) is 0 Å². The highest BCUT2D eigenvalue weighted by Gasteiger charge is 2.18. The second-order valence-electron chi connectivity index (χ2n) is 2.77. The average Bonchev–Trinajstić information content (AvgIpc) is 2.15. The number of benzene rings is 1. The fourth-order valence-corrected chi connectivity index (χ4v) is 2.11. The molecule has 0 unspecified atom stereocenters. The van der Waals surface area contributed by atoms with Gasteiger partial charge in [0.1, 0.15) is 4.90 Å². The lowest BCUT2D eigenvalue weighted by Crippen LogP contribution is -2.02. The lowest BCUT2D eigenvalue weighted by atomic mass is 10.3. The fraction of sp³-hybridized carbons (Fsp3) is 0. The van der Waals surface area contributed by atoms with E-state index in [1.807, 2.05) is 0 Å². The van der Waals surface area contributed by atoms with E-state index in [1.165, 1.54) is 0 Å². The number of azide groups is 1. The molecule has 0 aromatic heterocycles. The second kappa shape index (κ2) is 4.31. The zero-order valence-electron chi connectivity index (χ0n) is 7.92. The molecule has 0 fully saturated rings. The van der Waals surface area contributed by atoms with Gasteiger partial charge in [-0.1, -0.05) is 5.11 Å². The monoisotopic (exact) mass is 279 g/mol. The van der Waals surface area contributed by atoms with Crippen molar-refractivity contribution in [3.8, 4) is 0 Å². The third-order valence-electron chi connectivity index (χ3n) is 1.66. The van der Waals surface area contributed by atoms with Gasteiger partial charge in [-0.05, 0) is 23.7 Å². The van der Waals surface area contributed by atoms with Crippen molar-refractivity contribution in [2.75, 3.05) is 0 Å². The Kier molecular flexibility index (Phi) is 3.40. The Morgan fingerprint density at radius 3 is 2.12 bits per heavy atom. The van der Waals surface area contributed by atoms with Gasteiger partial charge < -0.3 is 0 Å². The van der Waals surface area contributed by atoms with Crippen LogP contribution in [0, 0.1) is 0 Å². The minimum atomic E-state index is -4.66. The normalized spacial score (nSPS) is 11.9. The third kappa shape index (κ3) is 3.15. The number of rotatable bonds is 3. The molecule has 0 bridgehead atoms. The number of hydrogen-bond acceptors (Lipinski definition) is 5. The number of hydrogen-bond donors (Lipinski definition) is 2. The molecule has 0 spiro atoms. The van der Waals surface area contributed by atoms with Crippen LogP contribution in [0.5, 0.6) is 0 Å². The molecule has 9 nitrogen and oxygen atoms in total. The Morgan fingerprint density at radius 1 is 1.12 bits per heavy atom. The van der Waals surface area contributed by atoms with Crippen LogP contribution < -0.4 is 0 Å². The summed E-state index contributed by atoms with van der Waals surface area (Å²) in [5.74, 6) is 0. The number of nitrogens with zero attached hydrogens (tertiary/aromatic N) is 3. The van der Waals surface area contributed by atoms with Crippen molar-refractivity contribution in [3.05, 3.63) is 28.6 Å². The first-order valence-electron chi connectivity index (χ1n) is 3.80. The van der Waals surface area contributed by atoms with Crippen molar-refractivity contribution >= 4 is 25.9 Å². The molecule has 2 N–H and O–H groups in total. The molecule has 11 heteroatoms. The van der Waals surface area contributed by atoms with Crippen LogP contribution in [0.15, 0.2) is 33.1 Å². The van der Waals surface area contributed by atoms with Crippen molar-refractivity contribution in [1.82, 2.24) is 0 Å². The van der Waals surface area contributed by atoms with Crippen molar-refractivity contribution in [1.29, 1.82) is 0 Å². The van der Waals surface area contributed by atoms with Gasteiger partial charge in [0.2, 0.25) is 0 Å². The predicted octanol–water partition coefficient (Wildman–Crippen LogP) is 1.12. The van der Waals surface area contributed by atoms with E-state index in [2.05, 4.69) is 10.0 Å². The predicted molar refractivity (Wildman–Crippen MR) is 54.9 cm³/mol. The second-order valence-corrected chi connectivity index (χ2v) is 5.58. The molecule has 17 heavy (non-hydrogen) atoms. The zero-order chi connectivity index (χ0) is 13.3.